The van der Waals surface area contributed by atoms with Gasteiger partial charge < -0.3 is 4.74 Å². The number of pyridine rings is 1. The average molecular weight is 268 g/mol. The predicted molar refractivity (Wildman–Crippen MR) is 69.6 cm³/mol. The van der Waals surface area contributed by atoms with Gasteiger partial charge in [-0.05, 0) is 30.3 Å². The Bertz CT molecular complexity index is 835. The van der Waals surface area contributed by atoms with Gasteiger partial charge >= 0.3 is 0 Å². The van der Waals surface area contributed by atoms with E-state index in [-0.39, 0.29) is 5.75 Å². The van der Waals surface area contributed by atoms with Crippen LogP contribution in [0.2, 0.25) is 0 Å². The summed E-state index contributed by atoms with van der Waals surface area (Å²) in [7, 11) is 1.41. The molecule has 2 heterocycles. The molecular formula is C14H9FN4O. The lowest BCUT2D eigenvalue weighted by Crippen LogP contribution is -1.93. The minimum absolute atomic E-state index is 0.167. The van der Waals surface area contributed by atoms with Gasteiger partial charge in [-0.2, -0.15) is 5.26 Å². The fourth-order valence-corrected chi connectivity index (χ4v) is 1.96. The molecule has 6 heteroatoms. The second kappa shape index (κ2) is 4.63. The van der Waals surface area contributed by atoms with E-state index in [1.807, 2.05) is 6.07 Å². The first-order valence-electron chi connectivity index (χ1n) is 5.81. The molecule has 0 bridgehead atoms. The van der Waals surface area contributed by atoms with Gasteiger partial charge in [0.15, 0.2) is 23.0 Å². The Balaban J connectivity index is 2.19. The number of nitriles is 1. The van der Waals surface area contributed by atoms with Gasteiger partial charge in [-0.1, -0.05) is 0 Å². The summed E-state index contributed by atoms with van der Waals surface area (Å²) < 4.78 is 20.3. The van der Waals surface area contributed by atoms with Gasteiger partial charge in [0, 0.05) is 11.8 Å². The lowest BCUT2D eigenvalue weighted by molar-refractivity contribution is 0.386. The van der Waals surface area contributed by atoms with E-state index in [1.54, 1.807) is 28.8 Å². The first-order valence-corrected chi connectivity index (χ1v) is 5.81. The van der Waals surface area contributed by atoms with E-state index in [4.69, 9.17) is 10.00 Å². The minimum Gasteiger partial charge on any atom is -0.494 e. The van der Waals surface area contributed by atoms with Crippen LogP contribution in [0.25, 0.3) is 17.0 Å². The summed E-state index contributed by atoms with van der Waals surface area (Å²) in [5.74, 6) is 0.164. The number of benzene rings is 1. The van der Waals surface area contributed by atoms with Gasteiger partial charge in [-0.3, -0.25) is 4.40 Å². The summed E-state index contributed by atoms with van der Waals surface area (Å²) in [5.41, 5.74) is 1.63. The Morgan fingerprint density at radius 1 is 1.25 bits per heavy atom. The highest BCUT2D eigenvalue weighted by Gasteiger charge is 2.11. The molecule has 5 nitrogen and oxygen atoms in total. The lowest BCUT2D eigenvalue weighted by atomic mass is 10.2. The van der Waals surface area contributed by atoms with Gasteiger partial charge in [0.1, 0.15) is 6.07 Å². The van der Waals surface area contributed by atoms with Crippen molar-refractivity contribution in [3.63, 3.8) is 0 Å². The zero-order valence-electron chi connectivity index (χ0n) is 10.5. The molecule has 0 amide bonds. The maximum atomic E-state index is 13.8. The maximum absolute atomic E-state index is 13.8. The smallest absolute Gasteiger partial charge is 0.168 e. The lowest BCUT2D eigenvalue weighted by Gasteiger charge is -2.04. The molecule has 0 aliphatic rings. The summed E-state index contributed by atoms with van der Waals surface area (Å²) in [6.07, 6.45) is 1.62. The molecule has 20 heavy (non-hydrogen) atoms. The van der Waals surface area contributed by atoms with Gasteiger partial charge in [-0.15, -0.1) is 10.2 Å². The van der Waals surface area contributed by atoms with Crippen molar-refractivity contribution in [2.24, 2.45) is 0 Å². The number of nitrogens with zero attached hydrogens (tertiary/aromatic N) is 4. The topological polar surface area (TPSA) is 63.2 Å². The summed E-state index contributed by atoms with van der Waals surface area (Å²) >= 11 is 0. The number of hydrogen-bond acceptors (Lipinski definition) is 4. The Morgan fingerprint density at radius 2 is 2.10 bits per heavy atom. The third-order valence-electron chi connectivity index (χ3n) is 2.94. The molecule has 0 N–H and O–H groups in total. The van der Waals surface area contributed by atoms with E-state index in [1.165, 1.54) is 19.2 Å². The number of aromatic nitrogens is 3. The van der Waals surface area contributed by atoms with Gasteiger partial charge in [0.25, 0.3) is 0 Å². The Kier molecular flexibility index (Phi) is 2.80. The van der Waals surface area contributed by atoms with Crippen molar-refractivity contribution < 1.29 is 9.13 Å². The molecule has 0 unspecified atom stereocenters. The molecule has 98 valence electrons. The second-order valence-corrected chi connectivity index (χ2v) is 4.13. The van der Waals surface area contributed by atoms with Crippen molar-refractivity contribution in [2.45, 2.75) is 0 Å². The molecule has 0 aliphatic carbocycles. The SMILES string of the molecule is COc1ccc(-c2nnc3ccc(C#N)cn23)cc1F. The highest BCUT2D eigenvalue weighted by molar-refractivity contribution is 5.61. The minimum atomic E-state index is -0.474. The van der Waals surface area contributed by atoms with Crippen molar-refractivity contribution in [3.8, 4) is 23.2 Å². The standard InChI is InChI=1S/C14H9FN4O/c1-20-12-4-3-10(6-11(12)15)14-18-17-13-5-2-9(7-16)8-19(13)14/h2-6,8H,1H3. The first-order chi connectivity index (χ1) is 9.72. The van der Waals surface area contributed by atoms with Crippen LogP contribution in [-0.2, 0) is 0 Å². The zero-order valence-corrected chi connectivity index (χ0v) is 10.5. The Labute approximate surface area is 113 Å². The molecular weight excluding hydrogens is 259 g/mol. The third kappa shape index (κ3) is 1.86. The summed E-state index contributed by atoms with van der Waals surface area (Å²) in [5, 5.41) is 17.0. The van der Waals surface area contributed by atoms with Gasteiger partial charge in [0.05, 0.1) is 12.7 Å². The molecule has 1 aromatic carbocycles. The van der Waals surface area contributed by atoms with E-state index >= 15 is 0 Å². The van der Waals surface area contributed by atoms with Crippen LogP contribution in [-0.4, -0.2) is 21.7 Å². The number of methoxy groups -OCH3 is 1. The van der Waals surface area contributed by atoms with Crippen LogP contribution in [0.5, 0.6) is 5.75 Å². The van der Waals surface area contributed by atoms with Crippen molar-refractivity contribution >= 4 is 5.65 Å². The number of halogens is 1. The maximum Gasteiger partial charge on any atom is 0.168 e. The highest BCUT2D eigenvalue weighted by Crippen LogP contribution is 2.24. The van der Waals surface area contributed by atoms with Crippen molar-refractivity contribution in [3.05, 3.63) is 47.9 Å². The monoisotopic (exact) mass is 268 g/mol. The molecule has 0 atom stereocenters. The van der Waals surface area contributed by atoms with E-state index in [9.17, 15) is 4.39 Å². The van der Waals surface area contributed by atoms with Crippen molar-refractivity contribution in [2.75, 3.05) is 7.11 Å². The molecule has 0 saturated carbocycles. The first kappa shape index (κ1) is 12.1. The van der Waals surface area contributed by atoms with Crippen LogP contribution in [0.1, 0.15) is 5.56 Å². The largest absolute Gasteiger partial charge is 0.494 e. The predicted octanol–water partition coefficient (Wildman–Crippen LogP) is 2.42. The molecule has 0 fully saturated rings. The quantitative estimate of drug-likeness (QED) is 0.716. The Morgan fingerprint density at radius 3 is 2.80 bits per heavy atom. The van der Waals surface area contributed by atoms with Crippen LogP contribution in [0.3, 0.4) is 0 Å². The van der Waals surface area contributed by atoms with E-state index in [0.29, 0.717) is 22.6 Å². The third-order valence-corrected chi connectivity index (χ3v) is 2.94. The van der Waals surface area contributed by atoms with Crippen LogP contribution in [0.4, 0.5) is 4.39 Å². The highest BCUT2D eigenvalue weighted by atomic mass is 19.1. The number of hydrogen-bond donors (Lipinski definition) is 0. The normalized spacial score (nSPS) is 10.4. The summed E-state index contributed by atoms with van der Waals surface area (Å²) in [4.78, 5) is 0. The number of fused-ring (bicyclic) bond motifs is 1. The summed E-state index contributed by atoms with van der Waals surface area (Å²) in [6, 6.07) is 9.94. The average Bonchev–Trinajstić information content (AvgIpc) is 2.89. The zero-order chi connectivity index (χ0) is 14.1. The number of rotatable bonds is 2. The summed E-state index contributed by atoms with van der Waals surface area (Å²) in [6.45, 7) is 0. The Hall–Kier alpha value is -2.94. The van der Waals surface area contributed by atoms with Crippen LogP contribution in [0, 0.1) is 17.1 Å². The fraction of sp³-hybridized carbons (Fsp3) is 0.0714. The molecule has 2 aromatic heterocycles. The van der Waals surface area contributed by atoms with Crippen LogP contribution < -0.4 is 4.74 Å². The van der Waals surface area contributed by atoms with Crippen LogP contribution in [0.15, 0.2) is 36.5 Å². The molecule has 3 rings (SSSR count). The van der Waals surface area contributed by atoms with Gasteiger partial charge in [0.2, 0.25) is 0 Å². The van der Waals surface area contributed by atoms with E-state index in [2.05, 4.69) is 10.2 Å². The molecule has 0 saturated heterocycles. The van der Waals surface area contributed by atoms with Crippen molar-refractivity contribution in [1.82, 2.24) is 14.6 Å². The molecule has 3 aromatic rings. The molecule has 0 radical (unpaired) electrons. The molecule has 0 spiro atoms. The van der Waals surface area contributed by atoms with Gasteiger partial charge in [-0.25, -0.2) is 4.39 Å². The number of ether oxygens (including phenoxy) is 1. The van der Waals surface area contributed by atoms with Crippen molar-refractivity contribution in [1.29, 1.82) is 5.26 Å². The van der Waals surface area contributed by atoms with E-state index < -0.39 is 5.82 Å². The van der Waals surface area contributed by atoms with Crippen LogP contribution >= 0.6 is 0 Å². The fourth-order valence-electron chi connectivity index (χ4n) is 1.96. The second-order valence-electron chi connectivity index (χ2n) is 4.13. The molecule has 0 aliphatic heterocycles. The van der Waals surface area contributed by atoms with E-state index in [0.717, 1.165) is 0 Å².